The van der Waals surface area contributed by atoms with Crippen LogP contribution in [-0.2, 0) is 5.60 Å². The van der Waals surface area contributed by atoms with Crippen LogP contribution in [-0.4, -0.2) is 11.2 Å². The number of aliphatic hydroxyl groups is 1. The van der Waals surface area contributed by atoms with E-state index in [0.29, 0.717) is 6.10 Å². The van der Waals surface area contributed by atoms with Crippen molar-refractivity contribution in [2.75, 3.05) is 0 Å². The Hall–Kier alpha value is -1.02. The lowest BCUT2D eigenvalue weighted by atomic mass is 9.80. The van der Waals surface area contributed by atoms with Gasteiger partial charge in [0.15, 0.2) is 0 Å². The van der Waals surface area contributed by atoms with Gasteiger partial charge in [-0.05, 0) is 43.4 Å². The number of rotatable bonds is 3. The van der Waals surface area contributed by atoms with Crippen LogP contribution in [0.25, 0.3) is 0 Å². The predicted octanol–water partition coefficient (Wildman–Crippen LogP) is 3.38. The monoisotopic (exact) mass is 232 g/mol. The quantitative estimate of drug-likeness (QED) is 0.865. The van der Waals surface area contributed by atoms with Gasteiger partial charge < -0.3 is 9.84 Å². The van der Waals surface area contributed by atoms with Crippen molar-refractivity contribution in [3.05, 3.63) is 29.8 Å². The fourth-order valence-corrected chi connectivity index (χ4v) is 2.65. The second kappa shape index (κ2) is 4.34. The van der Waals surface area contributed by atoms with Crippen LogP contribution in [0.3, 0.4) is 0 Å². The van der Waals surface area contributed by atoms with E-state index in [1.54, 1.807) is 0 Å². The molecule has 92 valence electrons. The average molecular weight is 232 g/mol. The molecule has 2 fully saturated rings. The summed E-state index contributed by atoms with van der Waals surface area (Å²) in [5, 5.41) is 10.6. The molecule has 2 heteroatoms. The van der Waals surface area contributed by atoms with Crippen LogP contribution in [0.1, 0.15) is 50.5 Å². The van der Waals surface area contributed by atoms with Crippen molar-refractivity contribution in [2.24, 2.45) is 0 Å². The van der Waals surface area contributed by atoms with Gasteiger partial charge in [0.05, 0.1) is 11.7 Å². The van der Waals surface area contributed by atoms with Crippen LogP contribution in [0, 0.1) is 0 Å². The van der Waals surface area contributed by atoms with Gasteiger partial charge >= 0.3 is 0 Å². The maximum absolute atomic E-state index is 10.6. The van der Waals surface area contributed by atoms with E-state index in [-0.39, 0.29) is 0 Å². The lowest BCUT2D eigenvalue weighted by Gasteiger charge is -2.32. The Morgan fingerprint density at radius 2 is 1.65 bits per heavy atom. The van der Waals surface area contributed by atoms with Crippen LogP contribution >= 0.6 is 0 Å². The largest absolute Gasteiger partial charge is 0.490 e. The second-order valence-electron chi connectivity index (χ2n) is 5.43. The molecular formula is C15H20O2. The van der Waals surface area contributed by atoms with E-state index >= 15 is 0 Å². The zero-order valence-electron chi connectivity index (χ0n) is 10.2. The van der Waals surface area contributed by atoms with Crippen molar-refractivity contribution in [3.8, 4) is 5.75 Å². The van der Waals surface area contributed by atoms with Gasteiger partial charge in [-0.2, -0.15) is 0 Å². The van der Waals surface area contributed by atoms with Crippen LogP contribution in [0.2, 0.25) is 0 Å². The van der Waals surface area contributed by atoms with E-state index < -0.39 is 5.60 Å². The van der Waals surface area contributed by atoms with Crippen molar-refractivity contribution < 1.29 is 9.84 Å². The highest BCUT2D eigenvalue weighted by Crippen LogP contribution is 2.37. The molecule has 0 saturated heterocycles. The fraction of sp³-hybridized carbons (Fsp3) is 0.600. The van der Waals surface area contributed by atoms with E-state index in [1.807, 2.05) is 24.3 Å². The van der Waals surface area contributed by atoms with Gasteiger partial charge in [-0.25, -0.2) is 0 Å². The molecule has 1 aromatic carbocycles. The van der Waals surface area contributed by atoms with E-state index in [4.69, 9.17) is 4.74 Å². The number of ether oxygens (including phenoxy) is 1. The van der Waals surface area contributed by atoms with E-state index in [0.717, 1.165) is 37.0 Å². The van der Waals surface area contributed by atoms with Gasteiger partial charge in [0.1, 0.15) is 5.75 Å². The molecule has 2 saturated carbocycles. The summed E-state index contributed by atoms with van der Waals surface area (Å²) in [4.78, 5) is 0. The third-order valence-electron chi connectivity index (χ3n) is 3.90. The molecule has 0 aliphatic heterocycles. The number of hydrogen-bond donors (Lipinski definition) is 1. The summed E-state index contributed by atoms with van der Waals surface area (Å²) in [5.74, 6) is 0.940. The average Bonchev–Trinajstić information content (AvgIpc) is 3.15. The molecule has 0 aromatic heterocycles. The molecule has 1 N–H and O–H groups in total. The maximum atomic E-state index is 10.6. The lowest BCUT2D eigenvalue weighted by molar-refractivity contribution is -0.000662. The van der Waals surface area contributed by atoms with Gasteiger partial charge in [-0.15, -0.1) is 0 Å². The lowest BCUT2D eigenvalue weighted by Crippen LogP contribution is -2.28. The van der Waals surface area contributed by atoms with Crippen LogP contribution in [0.5, 0.6) is 5.75 Å². The Morgan fingerprint density at radius 3 is 2.24 bits per heavy atom. The minimum Gasteiger partial charge on any atom is -0.490 e. The topological polar surface area (TPSA) is 29.5 Å². The normalized spacial score (nSPS) is 23.4. The molecule has 2 aliphatic rings. The molecule has 0 unspecified atom stereocenters. The molecule has 3 rings (SSSR count). The van der Waals surface area contributed by atoms with Crippen molar-refractivity contribution in [1.82, 2.24) is 0 Å². The highest BCUT2D eigenvalue weighted by Gasteiger charge is 2.31. The third kappa shape index (κ3) is 2.47. The van der Waals surface area contributed by atoms with Crippen molar-refractivity contribution in [1.29, 1.82) is 0 Å². The Bertz CT molecular complexity index is 372. The van der Waals surface area contributed by atoms with E-state index in [1.165, 1.54) is 19.3 Å². The molecule has 2 aliphatic carbocycles. The minimum absolute atomic E-state index is 0.443. The predicted molar refractivity (Wildman–Crippen MR) is 67.1 cm³/mol. The summed E-state index contributed by atoms with van der Waals surface area (Å²) >= 11 is 0. The molecular weight excluding hydrogens is 212 g/mol. The molecule has 0 heterocycles. The molecule has 0 spiro atoms. The number of benzene rings is 1. The Morgan fingerprint density at radius 1 is 1.00 bits per heavy atom. The first-order valence-electron chi connectivity index (χ1n) is 6.76. The van der Waals surface area contributed by atoms with Crippen molar-refractivity contribution in [2.45, 2.75) is 56.7 Å². The second-order valence-corrected chi connectivity index (χ2v) is 5.43. The standard InChI is InChI=1S/C15H20O2/c16-15(10-2-1-3-11-15)12-4-6-13(7-5-12)17-14-8-9-14/h4-7,14,16H,1-3,8-11H2. The molecule has 0 radical (unpaired) electrons. The summed E-state index contributed by atoms with van der Waals surface area (Å²) in [6.07, 6.45) is 8.14. The zero-order valence-corrected chi connectivity index (χ0v) is 10.2. The van der Waals surface area contributed by atoms with Gasteiger partial charge in [0.25, 0.3) is 0 Å². The molecule has 0 atom stereocenters. The first-order chi connectivity index (χ1) is 8.26. The van der Waals surface area contributed by atoms with Gasteiger partial charge in [-0.1, -0.05) is 31.4 Å². The molecule has 0 amide bonds. The van der Waals surface area contributed by atoms with Crippen molar-refractivity contribution in [3.63, 3.8) is 0 Å². The highest BCUT2D eigenvalue weighted by atomic mass is 16.5. The summed E-state index contributed by atoms with van der Waals surface area (Å²) in [7, 11) is 0. The van der Waals surface area contributed by atoms with Crippen molar-refractivity contribution >= 4 is 0 Å². The van der Waals surface area contributed by atoms with E-state index in [2.05, 4.69) is 0 Å². The van der Waals surface area contributed by atoms with Crippen LogP contribution < -0.4 is 4.74 Å². The highest BCUT2D eigenvalue weighted by molar-refractivity contribution is 5.31. The first-order valence-corrected chi connectivity index (χ1v) is 6.76. The minimum atomic E-state index is -0.587. The summed E-state index contributed by atoms with van der Waals surface area (Å²) in [6, 6.07) is 8.06. The summed E-state index contributed by atoms with van der Waals surface area (Å²) < 4.78 is 5.72. The maximum Gasteiger partial charge on any atom is 0.119 e. The Labute approximate surface area is 103 Å². The molecule has 1 aromatic rings. The SMILES string of the molecule is OC1(c2ccc(OC3CC3)cc2)CCCCC1. The summed E-state index contributed by atoms with van der Waals surface area (Å²) in [6.45, 7) is 0. The first kappa shape index (κ1) is 11.1. The molecule has 17 heavy (non-hydrogen) atoms. The number of hydrogen-bond acceptors (Lipinski definition) is 2. The molecule has 2 nitrogen and oxygen atoms in total. The smallest absolute Gasteiger partial charge is 0.119 e. The zero-order chi connectivity index (χ0) is 11.7. The summed E-state index contributed by atoms with van der Waals surface area (Å²) in [5.41, 5.74) is 0.469. The van der Waals surface area contributed by atoms with E-state index in [9.17, 15) is 5.11 Å². The fourth-order valence-electron chi connectivity index (χ4n) is 2.65. The van der Waals surface area contributed by atoms with Gasteiger partial charge in [0, 0.05) is 0 Å². The van der Waals surface area contributed by atoms with Crippen LogP contribution in [0.15, 0.2) is 24.3 Å². The van der Waals surface area contributed by atoms with Gasteiger partial charge in [0.2, 0.25) is 0 Å². The Kier molecular flexibility index (Phi) is 2.83. The van der Waals surface area contributed by atoms with Crippen LogP contribution in [0.4, 0.5) is 0 Å². The third-order valence-corrected chi connectivity index (χ3v) is 3.90. The van der Waals surface area contributed by atoms with Gasteiger partial charge in [-0.3, -0.25) is 0 Å². The molecule has 0 bridgehead atoms. The Balaban J connectivity index is 1.73.